The summed E-state index contributed by atoms with van der Waals surface area (Å²) >= 11 is 0. The van der Waals surface area contributed by atoms with Crippen LogP contribution in [0.3, 0.4) is 0 Å². The standard InChI is InChI=1S/C20H20FN5OS/c1-13(2)4-6-28(27)18-9-14-3-5-26(20(14)22-11-18)17-8-15(7-16(21)10-17)19-23-12-24-25-19/h3,5,7-13H,4,6H2,1-2H3,(H,23,24,25)/t28-/m0/s1. The van der Waals surface area contributed by atoms with Gasteiger partial charge in [-0.2, -0.15) is 5.10 Å². The predicted molar refractivity (Wildman–Crippen MR) is 107 cm³/mol. The summed E-state index contributed by atoms with van der Waals surface area (Å²) in [5, 5.41) is 7.42. The van der Waals surface area contributed by atoms with Crippen LogP contribution in [0.5, 0.6) is 0 Å². The quantitative estimate of drug-likeness (QED) is 0.531. The molecule has 0 unspecified atom stereocenters. The van der Waals surface area contributed by atoms with E-state index in [0.29, 0.717) is 39.3 Å². The number of H-pyrrole nitrogens is 1. The number of halogens is 1. The minimum absolute atomic E-state index is 0.378. The van der Waals surface area contributed by atoms with Gasteiger partial charge in [-0.15, -0.1) is 0 Å². The largest absolute Gasteiger partial charge is 0.301 e. The van der Waals surface area contributed by atoms with Crippen LogP contribution in [0.15, 0.2) is 53.9 Å². The van der Waals surface area contributed by atoms with E-state index >= 15 is 0 Å². The van der Waals surface area contributed by atoms with Crippen LogP contribution in [0.2, 0.25) is 0 Å². The Hall–Kier alpha value is -2.87. The van der Waals surface area contributed by atoms with Crippen molar-refractivity contribution < 1.29 is 8.60 Å². The molecule has 0 saturated heterocycles. The molecule has 4 rings (SSSR count). The lowest BCUT2D eigenvalue weighted by atomic mass is 10.2. The van der Waals surface area contributed by atoms with Crippen molar-refractivity contribution in [1.82, 2.24) is 24.7 Å². The van der Waals surface area contributed by atoms with Crippen molar-refractivity contribution in [1.29, 1.82) is 0 Å². The van der Waals surface area contributed by atoms with Gasteiger partial charge in [-0.3, -0.25) is 9.31 Å². The van der Waals surface area contributed by atoms with E-state index < -0.39 is 10.8 Å². The monoisotopic (exact) mass is 397 g/mol. The molecule has 28 heavy (non-hydrogen) atoms. The second kappa shape index (κ2) is 7.63. The molecule has 3 heterocycles. The lowest BCUT2D eigenvalue weighted by Crippen LogP contribution is -2.02. The molecule has 0 aliphatic rings. The van der Waals surface area contributed by atoms with Crippen molar-refractivity contribution in [2.45, 2.75) is 25.2 Å². The highest BCUT2D eigenvalue weighted by molar-refractivity contribution is 7.85. The predicted octanol–water partition coefficient (Wildman–Crippen LogP) is 4.10. The molecule has 0 radical (unpaired) electrons. The third kappa shape index (κ3) is 3.73. The normalized spacial score (nSPS) is 12.7. The lowest BCUT2D eigenvalue weighted by molar-refractivity contribution is 0.619. The Balaban J connectivity index is 1.70. The number of pyridine rings is 1. The summed E-state index contributed by atoms with van der Waals surface area (Å²) < 4.78 is 28.5. The van der Waals surface area contributed by atoms with E-state index in [4.69, 9.17) is 0 Å². The Morgan fingerprint density at radius 1 is 1.21 bits per heavy atom. The Labute approximate surface area is 164 Å². The molecule has 0 fully saturated rings. The van der Waals surface area contributed by atoms with Crippen molar-refractivity contribution >= 4 is 21.8 Å². The highest BCUT2D eigenvalue weighted by Crippen LogP contribution is 2.25. The van der Waals surface area contributed by atoms with Gasteiger partial charge in [0.15, 0.2) is 5.82 Å². The van der Waals surface area contributed by atoms with Crippen LogP contribution in [0.4, 0.5) is 4.39 Å². The molecule has 3 aromatic heterocycles. The van der Waals surface area contributed by atoms with Crippen LogP contribution in [-0.4, -0.2) is 34.7 Å². The molecule has 1 aromatic carbocycles. The van der Waals surface area contributed by atoms with Crippen molar-refractivity contribution in [3.05, 3.63) is 54.9 Å². The number of benzene rings is 1. The maximum Gasteiger partial charge on any atom is 0.155 e. The van der Waals surface area contributed by atoms with Gasteiger partial charge in [0.2, 0.25) is 0 Å². The summed E-state index contributed by atoms with van der Waals surface area (Å²) in [6.07, 6.45) is 5.76. The summed E-state index contributed by atoms with van der Waals surface area (Å²) in [6, 6.07) is 8.45. The Morgan fingerprint density at radius 3 is 2.82 bits per heavy atom. The van der Waals surface area contributed by atoms with Gasteiger partial charge >= 0.3 is 0 Å². The Morgan fingerprint density at radius 2 is 2.07 bits per heavy atom. The van der Waals surface area contributed by atoms with Crippen molar-refractivity contribution in [2.24, 2.45) is 5.92 Å². The fourth-order valence-corrected chi connectivity index (χ4v) is 4.34. The summed E-state index contributed by atoms with van der Waals surface area (Å²) in [5.74, 6) is 1.24. The fourth-order valence-electron chi connectivity index (χ4n) is 2.99. The first kappa shape index (κ1) is 18.5. The van der Waals surface area contributed by atoms with E-state index in [-0.39, 0.29) is 5.82 Å². The molecule has 0 bridgehead atoms. The molecule has 8 heteroatoms. The number of hydrogen-bond acceptors (Lipinski definition) is 4. The van der Waals surface area contributed by atoms with Crippen LogP contribution in [0.1, 0.15) is 20.3 Å². The van der Waals surface area contributed by atoms with Crippen molar-refractivity contribution in [3.8, 4) is 17.1 Å². The molecular weight excluding hydrogens is 377 g/mol. The van der Waals surface area contributed by atoms with Gasteiger partial charge in [-0.1, -0.05) is 13.8 Å². The summed E-state index contributed by atoms with van der Waals surface area (Å²) in [4.78, 5) is 9.30. The van der Waals surface area contributed by atoms with Gasteiger partial charge in [-0.25, -0.2) is 14.4 Å². The minimum atomic E-state index is -1.07. The van der Waals surface area contributed by atoms with Crippen LogP contribution in [0, 0.1) is 11.7 Å². The summed E-state index contributed by atoms with van der Waals surface area (Å²) in [7, 11) is -1.07. The van der Waals surface area contributed by atoms with Gasteiger partial charge in [0.05, 0.1) is 21.4 Å². The molecule has 6 nitrogen and oxygen atoms in total. The van der Waals surface area contributed by atoms with E-state index in [2.05, 4.69) is 34.0 Å². The second-order valence-electron chi connectivity index (χ2n) is 7.03. The highest BCUT2D eigenvalue weighted by atomic mass is 32.2. The van der Waals surface area contributed by atoms with E-state index in [1.165, 1.54) is 18.5 Å². The average molecular weight is 397 g/mol. The molecule has 1 atom stereocenters. The van der Waals surface area contributed by atoms with Crippen LogP contribution < -0.4 is 0 Å². The zero-order valence-corrected chi connectivity index (χ0v) is 16.4. The Bertz CT molecular complexity index is 1140. The van der Waals surface area contributed by atoms with Gasteiger partial charge in [-0.05, 0) is 42.7 Å². The summed E-state index contributed by atoms with van der Waals surface area (Å²) in [5.41, 5.74) is 1.90. The first-order valence-electron chi connectivity index (χ1n) is 9.03. The zero-order chi connectivity index (χ0) is 19.7. The number of fused-ring (bicyclic) bond motifs is 1. The van der Waals surface area contributed by atoms with Crippen LogP contribution in [0.25, 0.3) is 28.1 Å². The topological polar surface area (TPSA) is 76.5 Å². The third-order valence-corrected chi connectivity index (χ3v) is 5.85. The maximum absolute atomic E-state index is 14.2. The molecule has 0 aliphatic heterocycles. The molecule has 0 aliphatic carbocycles. The molecule has 0 spiro atoms. The van der Waals surface area contributed by atoms with Crippen molar-refractivity contribution in [3.63, 3.8) is 0 Å². The number of nitrogens with zero attached hydrogens (tertiary/aromatic N) is 4. The number of aromatic nitrogens is 5. The number of rotatable bonds is 6. The molecule has 0 saturated carbocycles. The zero-order valence-electron chi connectivity index (χ0n) is 15.6. The molecule has 144 valence electrons. The lowest BCUT2D eigenvalue weighted by Gasteiger charge is -2.08. The maximum atomic E-state index is 14.2. The number of nitrogens with one attached hydrogen (secondary N) is 1. The Kier molecular flexibility index (Phi) is 5.04. The highest BCUT2D eigenvalue weighted by Gasteiger charge is 2.12. The van der Waals surface area contributed by atoms with E-state index in [9.17, 15) is 8.60 Å². The molecule has 4 aromatic rings. The van der Waals surface area contributed by atoms with Gasteiger partial charge in [0, 0.05) is 29.1 Å². The SMILES string of the molecule is CC(C)CC[S@](=O)c1cnc2c(ccn2-c2cc(F)cc(-c3ncn[nH]3)c2)c1. The van der Waals surface area contributed by atoms with Gasteiger partial charge in [0.25, 0.3) is 0 Å². The fraction of sp³-hybridized carbons (Fsp3) is 0.250. The van der Waals surface area contributed by atoms with Gasteiger partial charge in [0.1, 0.15) is 17.8 Å². The summed E-state index contributed by atoms with van der Waals surface area (Å²) in [6.45, 7) is 4.23. The second-order valence-corrected chi connectivity index (χ2v) is 8.60. The molecule has 1 N–H and O–H groups in total. The van der Waals surface area contributed by atoms with Crippen LogP contribution >= 0.6 is 0 Å². The molecule has 0 amide bonds. The number of hydrogen-bond donors (Lipinski definition) is 1. The number of aromatic amines is 1. The smallest absolute Gasteiger partial charge is 0.155 e. The first-order chi connectivity index (χ1) is 13.5. The van der Waals surface area contributed by atoms with Crippen molar-refractivity contribution in [2.75, 3.05) is 5.75 Å². The third-order valence-electron chi connectivity index (χ3n) is 4.49. The van der Waals surface area contributed by atoms with E-state index in [0.717, 1.165) is 11.8 Å². The average Bonchev–Trinajstić information content (AvgIpc) is 3.34. The van der Waals surface area contributed by atoms with E-state index in [1.54, 1.807) is 10.8 Å². The minimum Gasteiger partial charge on any atom is -0.301 e. The molecular formula is C20H20FN5OS. The first-order valence-corrected chi connectivity index (χ1v) is 10.4. The van der Waals surface area contributed by atoms with E-state index in [1.807, 2.05) is 24.4 Å². The van der Waals surface area contributed by atoms with Gasteiger partial charge < -0.3 is 4.57 Å². The van der Waals surface area contributed by atoms with Crippen LogP contribution in [-0.2, 0) is 10.8 Å².